The Kier molecular flexibility index (Phi) is 8.19. The Bertz CT molecular complexity index is 984. The summed E-state index contributed by atoms with van der Waals surface area (Å²) >= 11 is 0. The Morgan fingerprint density at radius 3 is 2.09 bits per heavy atom. The number of nitriles is 1. The summed E-state index contributed by atoms with van der Waals surface area (Å²) in [5, 5.41) is 11.5. The van der Waals surface area contributed by atoms with Crippen molar-refractivity contribution in [3.63, 3.8) is 0 Å². The number of ether oxygens (including phenoxy) is 1. The third kappa shape index (κ3) is 6.07. The van der Waals surface area contributed by atoms with Crippen LogP contribution in [0, 0.1) is 17.2 Å². The largest absolute Gasteiger partial charge is 0.494 e. The quantitative estimate of drug-likeness (QED) is 0.448. The minimum absolute atomic E-state index is 0.0461. The van der Waals surface area contributed by atoms with Gasteiger partial charge in [0.25, 0.3) is 0 Å². The van der Waals surface area contributed by atoms with Gasteiger partial charge in [-0.2, -0.15) is 5.26 Å². The monoisotopic (exact) mass is 462 g/mol. The molecule has 0 spiro atoms. The van der Waals surface area contributed by atoms with Gasteiger partial charge in [-0.1, -0.05) is 68.4 Å². The Hall–Kier alpha value is -2.66. The molecule has 2 aromatic rings. The molecule has 1 aliphatic rings. The zero-order chi connectivity index (χ0) is 24.9. The molecule has 7 heteroatoms. The lowest BCUT2D eigenvalue weighted by atomic mass is 9.78. The van der Waals surface area contributed by atoms with Crippen molar-refractivity contribution < 1.29 is 18.8 Å². The maximum absolute atomic E-state index is 12.8. The lowest BCUT2D eigenvalue weighted by Crippen LogP contribution is -2.41. The highest BCUT2D eigenvalue weighted by Gasteiger charge is 2.51. The van der Waals surface area contributed by atoms with Crippen LogP contribution >= 0.6 is 0 Å². The van der Waals surface area contributed by atoms with E-state index in [0.29, 0.717) is 6.42 Å². The van der Waals surface area contributed by atoms with Gasteiger partial charge in [0, 0.05) is 0 Å². The number of amides is 1. The van der Waals surface area contributed by atoms with Gasteiger partial charge in [0.05, 0.1) is 17.3 Å². The van der Waals surface area contributed by atoms with Crippen LogP contribution in [0.15, 0.2) is 54.6 Å². The molecule has 2 atom stereocenters. The molecule has 34 heavy (non-hydrogen) atoms. The summed E-state index contributed by atoms with van der Waals surface area (Å²) in [6.45, 7) is 12.2. The van der Waals surface area contributed by atoms with Crippen LogP contribution in [-0.2, 0) is 18.8 Å². The van der Waals surface area contributed by atoms with E-state index >= 15 is 0 Å². The number of rotatable bonds is 9. The average molecular weight is 462 g/mol. The van der Waals surface area contributed by atoms with Crippen molar-refractivity contribution in [2.45, 2.75) is 71.4 Å². The summed E-state index contributed by atoms with van der Waals surface area (Å²) in [6.07, 6.45) is -0.571. The summed E-state index contributed by atoms with van der Waals surface area (Å²) in [5.41, 5.74) is 1.99. The van der Waals surface area contributed by atoms with Gasteiger partial charge < -0.3 is 19.4 Å². The van der Waals surface area contributed by atoms with E-state index in [0.717, 1.165) is 16.6 Å². The van der Waals surface area contributed by atoms with Gasteiger partial charge in [-0.15, -0.1) is 0 Å². The predicted octanol–water partition coefficient (Wildman–Crippen LogP) is 4.15. The van der Waals surface area contributed by atoms with Crippen LogP contribution in [0.3, 0.4) is 0 Å². The zero-order valence-electron chi connectivity index (χ0n) is 21.0. The number of carbonyl (C=O) groups is 1. The molecule has 1 saturated heterocycles. The number of carbonyl (C=O) groups excluding carboxylic acids is 1. The van der Waals surface area contributed by atoms with Crippen LogP contribution in [0.4, 0.5) is 0 Å². The molecule has 0 bridgehead atoms. The molecule has 1 aliphatic heterocycles. The lowest BCUT2D eigenvalue weighted by Gasteiger charge is -2.32. The van der Waals surface area contributed by atoms with Crippen LogP contribution in [0.5, 0.6) is 0 Å². The molecule has 180 valence electrons. The highest BCUT2D eigenvalue weighted by molar-refractivity contribution is 6.62. The van der Waals surface area contributed by atoms with Crippen LogP contribution in [0.25, 0.3) is 0 Å². The molecule has 0 radical (unpaired) electrons. The Morgan fingerprint density at radius 2 is 1.56 bits per heavy atom. The van der Waals surface area contributed by atoms with Crippen molar-refractivity contribution in [1.29, 1.82) is 5.26 Å². The number of benzene rings is 2. The van der Waals surface area contributed by atoms with Crippen LogP contribution < -0.4 is 10.8 Å². The van der Waals surface area contributed by atoms with E-state index in [4.69, 9.17) is 19.3 Å². The van der Waals surface area contributed by atoms with Crippen LogP contribution in [-0.4, -0.2) is 36.9 Å². The third-order valence-electron chi connectivity index (χ3n) is 6.49. The third-order valence-corrected chi connectivity index (χ3v) is 6.49. The summed E-state index contributed by atoms with van der Waals surface area (Å²) < 4.78 is 18.8. The summed E-state index contributed by atoms with van der Waals surface area (Å²) in [7, 11) is -0.444. The van der Waals surface area contributed by atoms with Crippen molar-refractivity contribution in [1.82, 2.24) is 5.32 Å². The Balaban J connectivity index is 1.88. The Morgan fingerprint density at radius 1 is 1.00 bits per heavy atom. The van der Waals surface area contributed by atoms with Gasteiger partial charge in [-0.25, -0.2) is 0 Å². The first-order valence-electron chi connectivity index (χ1n) is 11.8. The van der Waals surface area contributed by atoms with Gasteiger partial charge in [-0.3, -0.25) is 4.79 Å². The minimum Gasteiger partial charge on any atom is -0.399 e. The maximum Gasteiger partial charge on any atom is 0.494 e. The molecule has 1 N–H and O–H groups in total. The van der Waals surface area contributed by atoms with E-state index in [2.05, 4.69) is 5.32 Å². The molecule has 3 rings (SSSR count). The van der Waals surface area contributed by atoms with E-state index < -0.39 is 30.5 Å². The fourth-order valence-corrected chi connectivity index (χ4v) is 3.84. The summed E-state index contributed by atoms with van der Waals surface area (Å²) in [6, 6.07) is 19.8. The molecule has 2 aromatic carbocycles. The van der Waals surface area contributed by atoms with Gasteiger partial charge in [0.2, 0.25) is 5.91 Å². The van der Waals surface area contributed by atoms with E-state index in [1.165, 1.54) is 0 Å². The number of nitrogens with zero attached hydrogens (tertiary/aromatic N) is 1. The second-order valence-corrected chi connectivity index (χ2v) is 10.2. The maximum atomic E-state index is 12.8. The second kappa shape index (κ2) is 10.7. The first kappa shape index (κ1) is 26.0. The number of hydrogen-bond acceptors (Lipinski definition) is 5. The average Bonchev–Trinajstić information content (AvgIpc) is 3.02. The molecule has 1 amide bonds. The van der Waals surface area contributed by atoms with Crippen LogP contribution in [0.2, 0.25) is 0 Å². The SMILES string of the molecule is CC(C)C[C@H](OC(c1ccccc1)c1ccc(B2OC(C)(C)C(C)(C)O2)cc1)C(=O)NCC#N. The normalized spacial score (nSPS) is 18.4. The molecular formula is C27H35BN2O4. The standard InChI is InChI=1S/C27H35BN2O4/c1-19(2)18-23(25(31)30-17-16-29)32-24(20-10-8-7-9-11-20)21-12-14-22(15-13-21)28-33-26(3,4)27(5,6)34-28/h7-15,19,23-24H,17-18H2,1-6H3,(H,30,31)/t23-,24?/m0/s1. The van der Waals surface area contributed by atoms with Crippen LogP contribution in [0.1, 0.15) is 65.2 Å². The van der Waals surface area contributed by atoms with Crippen molar-refractivity contribution >= 4 is 18.5 Å². The smallest absolute Gasteiger partial charge is 0.399 e. The topological polar surface area (TPSA) is 80.6 Å². The molecule has 0 saturated carbocycles. The lowest BCUT2D eigenvalue weighted by molar-refractivity contribution is -0.136. The Labute approximate surface area is 203 Å². The molecule has 6 nitrogen and oxygen atoms in total. The molecule has 1 fully saturated rings. The molecule has 0 aromatic heterocycles. The highest BCUT2D eigenvalue weighted by Crippen LogP contribution is 2.36. The second-order valence-electron chi connectivity index (χ2n) is 10.2. The van der Waals surface area contributed by atoms with E-state index in [-0.39, 0.29) is 18.4 Å². The first-order valence-corrected chi connectivity index (χ1v) is 11.8. The van der Waals surface area contributed by atoms with E-state index in [9.17, 15) is 4.79 Å². The predicted molar refractivity (Wildman–Crippen MR) is 133 cm³/mol. The van der Waals surface area contributed by atoms with Crippen molar-refractivity contribution in [3.05, 3.63) is 65.7 Å². The molecule has 1 unspecified atom stereocenters. The van der Waals surface area contributed by atoms with E-state index in [1.54, 1.807) is 0 Å². The van der Waals surface area contributed by atoms with Crippen molar-refractivity contribution in [3.8, 4) is 6.07 Å². The molecule has 0 aliphatic carbocycles. The highest BCUT2D eigenvalue weighted by atomic mass is 16.7. The summed E-state index contributed by atoms with van der Waals surface area (Å²) in [4.78, 5) is 12.8. The van der Waals surface area contributed by atoms with E-state index in [1.807, 2.05) is 102 Å². The zero-order valence-corrected chi connectivity index (χ0v) is 21.0. The molecular weight excluding hydrogens is 427 g/mol. The van der Waals surface area contributed by atoms with Crippen molar-refractivity contribution in [2.24, 2.45) is 5.92 Å². The van der Waals surface area contributed by atoms with Gasteiger partial charge in [-0.05, 0) is 56.6 Å². The van der Waals surface area contributed by atoms with Gasteiger partial charge in [0.15, 0.2) is 0 Å². The number of hydrogen-bond donors (Lipinski definition) is 1. The fraction of sp³-hybridized carbons (Fsp3) is 0.481. The molecule has 1 heterocycles. The van der Waals surface area contributed by atoms with Crippen molar-refractivity contribution in [2.75, 3.05) is 6.54 Å². The van der Waals surface area contributed by atoms with Gasteiger partial charge in [0.1, 0.15) is 18.8 Å². The fourth-order valence-electron chi connectivity index (χ4n) is 3.84. The number of nitrogens with one attached hydrogen (secondary N) is 1. The van der Waals surface area contributed by atoms with Gasteiger partial charge >= 0.3 is 7.12 Å². The minimum atomic E-state index is -0.679. The summed E-state index contributed by atoms with van der Waals surface area (Å²) in [5.74, 6) is -0.0231. The first-order chi connectivity index (χ1) is 16.0.